The molecule has 0 aromatic heterocycles. The van der Waals surface area contributed by atoms with E-state index in [0.717, 1.165) is 6.04 Å². The summed E-state index contributed by atoms with van der Waals surface area (Å²) in [6.07, 6.45) is 3.80. The molecule has 0 spiro atoms. The fourth-order valence-corrected chi connectivity index (χ4v) is 2.71. The summed E-state index contributed by atoms with van der Waals surface area (Å²) in [6.45, 7) is 4.71. The molecular weight excluding hydrogens is 182 g/mol. The minimum absolute atomic E-state index is 0.550. The van der Waals surface area contributed by atoms with Crippen LogP contribution in [-0.4, -0.2) is 12.1 Å². The predicted molar refractivity (Wildman–Crippen MR) is 63.0 cm³/mol. The Hall–Kier alpha value is -0.820. The molecule has 0 saturated heterocycles. The average molecular weight is 201 g/mol. The van der Waals surface area contributed by atoms with Crippen molar-refractivity contribution in [3.8, 4) is 0 Å². The van der Waals surface area contributed by atoms with Crippen molar-refractivity contribution >= 4 is 0 Å². The summed E-state index contributed by atoms with van der Waals surface area (Å²) < 4.78 is 0. The Kier molecular flexibility index (Phi) is 1.93. The zero-order chi connectivity index (χ0) is 10.5. The predicted octanol–water partition coefficient (Wildman–Crippen LogP) is 2.54. The lowest BCUT2D eigenvalue weighted by atomic mass is 10.1. The zero-order valence-electron chi connectivity index (χ0n) is 9.59. The smallest absolute Gasteiger partial charge is 0.0151 e. The van der Waals surface area contributed by atoms with Gasteiger partial charge in [0.2, 0.25) is 0 Å². The fourth-order valence-electron chi connectivity index (χ4n) is 2.71. The van der Waals surface area contributed by atoms with E-state index in [4.69, 9.17) is 0 Å². The first-order valence-electron chi connectivity index (χ1n) is 5.98. The van der Waals surface area contributed by atoms with Gasteiger partial charge in [0.1, 0.15) is 0 Å². The third-order valence-corrected chi connectivity index (χ3v) is 4.00. The van der Waals surface area contributed by atoms with Crippen molar-refractivity contribution in [1.29, 1.82) is 0 Å². The van der Waals surface area contributed by atoms with Gasteiger partial charge in [0.25, 0.3) is 0 Å². The molecule has 1 nitrogen and oxygen atoms in total. The van der Waals surface area contributed by atoms with E-state index in [-0.39, 0.29) is 0 Å². The minimum Gasteiger partial charge on any atom is -0.310 e. The lowest BCUT2D eigenvalue weighted by Crippen LogP contribution is -2.33. The molecule has 1 unspecified atom stereocenters. The van der Waals surface area contributed by atoms with Gasteiger partial charge in [-0.1, -0.05) is 38.1 Å². The maximum Gasteiger partial charge on any atom is 0.0151 e. The van der Waals surface area contributed by atoms with Crippen LogP contribution in [0, 0.1) is 5.41 Å². The van der Waals surface area contributed by atoms with Crippen LogP contribution in [0.3, 0.4) is 0 Å². The van der Waals surface area contributed by atoms with Crippen molar-refractivity contribution in [3.05, 3.63) is 35.4 Å². The molecule has 0 heterocycles. The number of nitrogens with one attached hydrogen (secondary N) is 1. The van der Waals surface area contributed by atoms with Gasteiger partial charge in [0, 0.05) is 12.1 Å². The van der Waals surface area contributed by atoms with Gasteiger partial charge in [-0.05, 0) is 35.8 Å². The van der Waals surface area contributed by atoms with E-state index in [1.807, 2.05) is 0 Å². The van der Waals surface area contributed by atoms with E-state index in [2.05, 4.69) is 43.4 Å². The van der Waals surface area contributed by atoms with Crippen molar-refractivity contribution in [1.82, 2.24) is 5.32 Å². The molecule has 15 heavy (non-hydrogen) atoms. The number of hydrogen-bond donors (Lipinski definition) is 1. The number of rotatable bonds is 2. The SMILES string of the molecule is CC1(C)CC1NC1Cc2ccccc2C1. The Bertz CT molecular complexity index is 356. The van der Waals surface area contributed by atoms with Crippen LogP contribution in [0.2, 0.25) is 0 Å². The third kappa shape index (κ3) is 1.69. The quantitative estimate of drug-likeness (QED) is 0.775. The minimum atomic E-state index is 0.550. The summed E-state index contributed by atoms with van der Waals surface area (Å²) in [5, 5.41) is 3.79. The summed E-state index contributed by atoms with van der Waals surface area (Å²) >= 11 is 0. The molecule has 1 aromatic carbocycles. The van der Waals surface area contributed by atoms with Gasteiger partial charge in [-0.25, -0.2) is 0 Å². The molecular formula is C14H19N. The molecule has 0 bridgehead atoms. The largest absolute Gasteiger partial charge is 0.310 e. The van der Waals surface area contributed by atoms with E-state index in [1.54, 1.807) is 11.1 Å². The standard InChI is InChI=1S/C14H19N/c1-14(2)9-13(14)15-12-7-10-5-3-4-6-11(10)8-12/h3-6,12-13,15H,7-9H2,1-2H3. The van der Waals surface area contributed by atoms with Crippen LogP contribution in [-0.2, 0) is 12.8 Å². The normalized spacial score (nSPS) is 27.7. The molecule has 1 saturated carbocycles. The van der Waals surface area contributed by atoms with E-state index in [1.165, 1.54) is 19.3 Å². The Morgan fingerprint density at radius 1 is 1.13 bits per heavy atom. The lowest BCUT2D eigenvalue weighted by molar-refractivity contribution is 0.470. The molecule has 1 fully saturated rings. The highest BCUT2D eigenvalue weighted by atomic mass is 15.0. The van der Waals surface area contributed by atoms with Crippen molar-refractivity contribution in [2.24, 2.45) is 5.41 Å². The van der Waals surface area contributed by atoms with Gasteiger partial charge in [-0.2, -0.15) is 0 Å². The molecule has 2 aliphatic rings. The monoisotopic (exact) mass is 201 g/mol. The highest BCUT2D eigenvalue weighted by Gasteiger charge is 2.46. The number of hydrogen-bond acceptors (Lipinski definition) is 1. The van der Waals surface area contributed by atoms with Gasteiger partial charge in [0.05, 0.1) is 0 Å². The van der Waals surface area contributed by atoms with E-state index >= 15 is 0 Å². The molecule has 1 atom stereocenters. The first-order valence-corrected chi connectivity index (χ1v) is 5.98. The van der Waals surface area contributed by atoms with Crippen LogP contribution in [0.4, 0.5) is 0 Å². The van der Waals surface area contributed by atoms with Crippen LogP contribution >= 0.6 is 0 Å². The molecule has 0 amide bonds. The van der Waals surface area contributed by atoms with Crippen molar-refractivity contribution in [2.45, 2.75) is 45.2 Å². The molecule has 1 N–H and O–H groups in total. The molecule has 3 rings (SSSR count). The Morgan fingerprint density at radius 3 is 2.13 bits per heavy atom. The van der Waals surface area contributed by atoms with Gasteiger partial charge in [-0.15, -0.1) is 0 Å². The van der Waals surface area contributed by atoms with Gasteiger partial charge in [0.15, 0.2) is 0 Å². The second-order valence-corrected chi connectivity index (χ2v) is 5.79. The first-order chi connectivity index (χ1) is 7.15. The summed E-state index contributed by atoms with van der Waals surface area (Å²) in [6, 6.07) is 10.3. The van der Waals surface area contributed by atoms with E-state index in [0.29, 0.717) is 11.5 Å². The lowest BCUT2D eigenvalue weighted by Gasteiger charge is -2.13. The third-order valence-electron chi connectivity index (χ3n) is 4.00. The van der Waals surface area contributed by atoms with E-state index < -0.39 is 0 Å². The van der Waals surface area contributed by atoms with Crippen LogP contribution in [0.1, 0.15) is 31.4 Å². The van der Waals surface area contributed by atoms with Crippen LogP contribution in [0.5, 0.6) is 0 Å². The van der Waals surface area contributed by atoms with Gasteiger partial charge < -0.3 is 5.32 Å². The first kappa shape index (κ1) is 9.41. The highest BCUT2D eigenvalue weighted by molar-refractivity contribution is 5.33. The second kappa shape index (κ2) is 3.08. The molecule has 1 aromatic rings. The second-order valence-electron chi connectivity index (χ2n) is 5.79. The van der Waals surface area contributed by atoms with Crippen molar-refractivity contribution < 1.29 is 0 Å². The number of benzene rings is 1. The highest BCUT2D eigenvalue weighted by Crippen LogP contribution is 2.45. The molecule has 2 aliphatic carbocycles. The Balaban J connectivity index is 1.65. The van der Waals surface area contributed by atoms with Crippen molar-refractivity contribution in [3.63, 3.8) is 0 Å². The molecule has 1 heteroatoms. The van der Waals surface area contributed by atoms with Crippen LogP contribution in [0.15, 0.2) is 24.3 Å². The maximum atomic E-state index is 3.79. The van der Waals surface area contributed by atoms with Crippen molar-refractivity contribution in [2.75, 3.05) is 0 Å². The number of fused-ring (bicyclic) bond motifs is 1. The molecule has 80 valence electrons. The Labute approximate surface area is 91.9 Å². The van der Waals surface area contributed by atoms with Crippen LogP contribution < -0.4 is 5.32 Å². The van der Waals surface area contributed by atoms with E-state index in [9.17, 15) is 0 Å². The summed E-state index contributed by atoms with van der Waals surface area (Å²) in [5.41, 5.74) is 3.65. The average Bonchev–Trinajstić information content (AvgIpc) is 2.61. The van der Waals surface area contributed by atoms with Crippen LogP contribution in [0.25, 0.3) is 0 Å². The molecule has 0 radical (unpaired) electrons. The summed E-state index contributed by atoms with van der Waals surface area (Å²) in [4.78, 5) is 0. The fraction of sp³-hybridized carbons (Fsp3) is 0.571. The topological polar surface area (TPSA) is 12.0 Å². The summed E-state index contributed by atoms with van der Waals surface area (Å²) in [5.74, 6) is 0. The Morgan fingerprint density at radius 2 is 1.67 bits per heavy atom. The van der Waals surface area contributed by atoms with Gasteiger partial charge in [-0.3, -0.25) is 0 Å². The zero-order valence-corrected chi connectivity index (χ0v) is 9.59. The van der Waals surface area contributed by atoms with Gasteiger partial charge >= 0.3 is 0 Å². The molecule has 0 aliphatic heterocycles. The summed E-state index contributed by atoms with van der Waals surface area (Å²) in [7, 11) is 0. The maximum absolute atomic E-state index is 3.79.